The largest absolute Gasteiger partial charge is 0.507 e. The second-order valence-corrected chi connectivity index (χ2v) is 8.71. The van der Waals surface area contributed by atoms with Crippen molar-refractivity contribution in [3.8, 4) is 11.5 Å². The number of aromatic nitrogens is 1. The molecule has 1 unspecified atom stereocenters. The topological polar surface area (TPSA) is 89.0 Å². The van der Waals surface area contributed by atoms with Crippen LogP contribution < -0.4 is 14.4 Å². The number of benzene rings is 2. The number of aliphatic hydroxyl groups excluding tert-OH is 1. The van der Waals surface area contributed by atoms with E-state index < -0.39 is 23.5 Å². The van der Waals surface area contributed by atoms with E-state index in [9.17, 15) is 14.7 Å². The molecule has 1 N–H and O–H groups in total. The van der Waals surface area contributed by atoms with Gasteiger partial charge < -0.3 is 14.6 Å². The normalized spacial score (nSPS) is 17.1. The summed E-state index contributed by atoms with van der Waals surface area (Å²) in [5.41, 5.74) is 2.59. The predicted molar refractivity (Wildman–Crippen MR) is 135 cm³/mol. The maximum Gasteiger partial charge on any atom is 0.300 e. The van der Waals surface area contributed by atoms with Crippen LogP contribution in [-0.4, -0.2) is 36.0 Å². The fourth-order valence-electron chi connectivity index (χ4n) is 4.19. The van der Waals surface area contributed by atoms with Crippen LogP contribution in [0.1, 0.15) is 28.4 Å². The van der Waals surface area contributed by atoms with Gasteiger partial charge in [0.25, 0.3) is 11.7 Å². The van der Waals surface area contributed by atoms with E-state index in [1.165, 1.54) is 25.2 Å². The molecule has 0 spiro atoms. The quantitative estimate of drug-likeness (QED) is 0.270. The van der Waals surface area contributed by atoms with Crippen LogP contribution in [-0.2, 0) is 9.59 Å². The minimum absolute atomic E-state index is 0.0159. The number of amides is 1. The van der Waals surface area contributed by atoms with Crippen LogP contribution >= 0.6 is 23.2 Å². The number of rotatable bonds is 5. The zero-order valence-corrected chi connectivity index (χ0v) is 20.9. The van der Waals surface area contributed by atoms with Crippen LogP contribution in [0.5, 0.6) is 11.5 Å². The molecular weight excluding hydrogens is 491 g/mol. The van der Waals surface area contributed by atoms with Crippen molar-refractivity contribution >= 4 is 46.3 Å². The Hall–Kier alpha value is -3.55. The molecule has 2 aromatic carbocycles. The second-order valence-electron chi connectivity index (χ2n) is 7.93. The number of aryl methyl sites for hydroxylation is 1. The van der Waals surface area contributed by atoms with E-state index in [1.54, 1.807) is 36.5 Å². The first kappa shape index (κ1) is 24.6. The lowest BCUT2D eigenvalue weighted by atomic mass is 9.97. The summed E-state index contributed by atoms with van der Waals surface area (Å²) in [7, 11) is 2.75. The summed E-state index contributed by atoms with van der Waals surface area (Å²) in [5.74, 6) is -1.96. The van der Waals surface area contributed by atoms with Gasteiger partial charge in [0.2, 0.25) is 0 Å². The molecular formula is C26H22Cl2N2O5. The molecule has 0 radical (unpaired) electrons. The molecule has 0 saturated carbocycles. The molecule has 7 nitrogen and oxygen atoms in total. The summed E-state index contributed by atoms with van der Waals surface area (Å²) in [4.78, 5) is 32.5. The van der Waals surface area contributed by atoms with E-state index in [2.05, 4.69) is 4.98 Å². The van der Waals surface area contributed by atoms with E-state index in [0.717, 1.165) is 11.1 Å². The molecule has 0 aliphatic carbocycles. The maximum absolute atomic E-state index is 13.4. The van der Waals surface area contributed by atoms with Gasteiger partial charge in [-0.1, -0.05) is 41.4 Å². The number of hydrogen-bond acceptors (Lipinski definition) is 6. The minimum Gasteiger partial charge on any atom is -0.507 e. The average molecular weight is 513 g/mol. The highest BCUT2D eigenvalue weighted by molar-refractivity contribution is 6.52. The van der Waals surface area contributed by atoms with Crippen molar-refractivity contribution < 1.29 is 24.2 Å². The molecule has 1 fully saturated rings. The number of halogens is 2. The van der Waals surface area contributed by atoms with Crippen molar-refractivity contribution in [2.45, 2.75) is 19.9 Å². The summed E-state index contributed by atoms with van der Waals surface area (Å²) in [5, 5.41) is 11.6. The lowest BCUT2D eigenvalue weighted by Gasteiger charge is -2.26. The van der Waals surface area contributed by atoms with E-state index in [-0.39, 0.29) is 32.7 Å². The Morgan fingerprint density at radius 2 is 1.74 bits per heavy atom. The number of ether oxygens (including phenoxy) is 2. The highest BCUT2D eigenvalue weighted by Crippen LogP contribution is 2.48. The van der Waals surface area contributed by atoms with Crippen LogP contribution in [0.3, 0.4) is 0 Å². The van der Waals surface area contributed by atoms with Gasteiger partial charge in [0.05, 0.1) is 36.1 Å². The Labute approximate surface area is 212 Å². The van der Waals surface area contributed by atoms with Gasteiger partial charge in [0.15, 0.2) is 11.5 Å². The maximum atomic E-state index is 13.4. The van der Waals surface area contributed by atoms with Gasteiger partial charge in [-0.3, -0.25) is 19.5 Å². The van der Waals surface area contributed by atoms with Crippen LogP contribution in [0, 0.1) is 13.8 Å². The van der Waals surface area contributed by atoms with Crippen LogP contribution in [0.4, 0.5) is 5.69 Å². The molecule has 1 aromatic heterocycles. The van der Waals surface area contributed by atoms with E-state index in [1.807, 2.05) is 19.9 Å². The summed E-state index contributed by atoms with van der Waals surface area (Å²) >= 11 is 12.7. The summed E-state index contributed by atoms with van der Waals surface area (Å²) < 4.78 is 10.6. The molecule has 1 amide bonds. The molecule has 9 heteroatoms. The summed E-state index contributed by atoms with van der Waals surface area (Å²) in [6.07, 6.45) is 1.56. The third-order valence-corrected chi connectivity index (χ3v) is 6.67. The standard InChI is InChI=1S/C26H22Cl2N2O5/c1-13-8-7-10-18(14(13)2)30-21(17-9-5-6-11-29-17)19(23(32)26(30)33)22(31)15-12-16(27)25(35-4)20(28)24(15)34-3/h5-12,21,31H,1-4H3/b22-19+. The number of aliphatic hydroxyl groups is 1. The molecule has 1 atom stereocenters. The first-order chi connectivity index (χ1) is 16.7. The van der Waals surface area contributed by atoms with E-state index in [0.29, 0.717) is 11.4 Å². The van der Waals surface area contributed by atoms with Crippen molar-refractivity contribution in [1.82, 2.24) is 4.98 Å². The molecule has 2 heterocycles. The lowest BCUT2D eigenvalue weighted by molar-refractivity contribution is -0.132. The number of ketones is 1. The van der Waals surface area contributed by atoms with Gasteiger partial charge >= 0.3 is 0 Å². The highest BCUT2D eigenvalue weighted by atomic mass is 35.5. The van der Waals surface area contributed by atoms with E-state index in [4.69, 9.17) is 32.7 Å². The predicted octanol–water partition coefficient (Wildman–Crippen LogP) is 5.65. The smallest absolute Gasteiger partial charge is 0.300 e. The molecule has 0 bridgehead atoms. The fraction of sp³-hybridized carbons (Fsp3) is 0.192. The molecule has 1 aliphatic heterocycles. The number of anilines is 1. The van der Waals surface area contributed by atoms with Crippen molar-refractivity contribution in [2.75, 3.05) is 19.1 Å². The third kappa shape index (κ3) is 4.00. The molecule has 180 valence electrons. The van der Waals surface area contributed by atoms with Crippen molar-refractivity contribution in [3.05, 3.63) is 86.7 Å². The Morgan fingerprint density at radius 1 is 1.03 bits per heavy atom. The minimum atomic E-state index is -0.999. The van der Waals surface area contributed by atoms with Gasteiger partial charge in [-0.15, -0.1) is 0 Å². The Kier molecular flexibility index (Phi) is 6.74. The van der Waals surface area contributed by atoms with Gasteiger partial charge in [-0.2, -0.15) is 0 Å². The highest BCUT2D eigenvalue weighted by Gasteiger charge is 2.48. The molecule has 3 aromatic rings. The third-order valence-electron chi connectivity index (χ3n) is 6.04. The van der Waals surface area contributed by atoms with Crippen LogP contribution in [0.25, 0.3) is 5.76 Å². The number of nitrogens with zero attached hydrogens (tertiary/aromatic N) is 2. The SMILES string of the molecule is COc1c(Cl)cc(/C(O)=C2\C(=O)C(=O)N(c3cccc(C)c3C)C2c2ccccn2)c(OC)c1Cl. The molecule has 1 aliphatic rings. The summed E-state index contributed by atoms with van der Waals surface area (Å²) in [6.45, 7) is 3.78. The van der Waals surface area contributed by atoms with Crippen molar-refractivity contribution in [2.24, 2.45) is 0 Å². The van der Waals surface area contributed by atoms with Gasteiger partial charge in [-0.05, 0) is 49.2 Å². The number of carbonyl (C=O) groups excluding carboxylic acids is 2. The average Bonchev–Trinajstić information content (AvgIpc) is 3.11. The molecule has 1 saturated heterocycles. The molecule has 4 rings (SSSR count). The zero-order valence-electron chi connectivity index (χ0n) is 19.4. The van der Waals surface area contributed by atoms with Crippen LogP contribution in [0.2, 0.25) is 10.0 Å². The number of Topliss-reactive ketones (excluding diaryl/α,β-unsaturated/α-hetero) is 1. The fourth-order valence-corrected chi connectivity index (χ4v) is 4.87. The number of hydrogen-bond donors (Lipinski definition) is 1. The van der Waals surface area contributed by atoms with Gasteiger partial charge in [0, 0.05) is 11.9 Å². The Balaban J connectivity index is 2.04. The number of pyridine rings is 1. The molecule has 35 heavy (non-hydrogen) atoms. The van der Waals surface area contributed by atoms with Gasteiger partial charge in [0.1, 0.15) is 16.8 Å². The monoisotopic (exact) mass is 512 g/mol. The Bertz CT molecular complexity index is 1370. The van der Waals surface area contributed by atoms with Crippen molar-refractivity contribution in [1.29, 1.82) is 0 Å². The first-order valence-corrected chi connectivity index (χ1v) is 11.4. The zero-order chi connectivity index (χ0) is 25.4. The van der Waals surface area contributed by atoms with Crippen LogP contribution in [0.15, 0.2) is 54.2 Å². The van der Waals surface area contributed by atoms with Crippen molar-refractivity contribution in [3.63, 3.8) is 0 Å². The summed E-state index contributed by atoms with van der Waals surface area (Å²) in [6, 6.07) is 11.0. The number of methoxy groups -OCH3 is 2. The Morgan fingerprint density at radius 3 is 2.37 bits per heavy atom. The van der Waals surface area contributed by atoms with E-state index >= 15 is 0 Å². The second kappa shape index (κ2) is 9.60. The van der Waals surface area contributed by atoms with Gasteiger partial charge in [-0.25, -0.2) is 0 Å². The lowest BCUT2D eigenvalue weighted by Crippen LogP contribution is -2.30. The number of carbonyl (C=O) groups is 2. The first-order valence-electron chi connectivity index (χ1n) is 10.6.